The van der Waals surface area contributed by atoms with Crippen LogP contribution in [-0.2, 0) is 19.3 Å². The number of aliphatic hydroxyl groups is 1. The van der Waals surface area contributed by atoms with E-state index in [2.05, 4.69) is 61.5 Å². The number of hydrogen-bond acceptors (Lipinski definition) is 2. The standard InChI is InChI=1S/C24H25NO/c1-17-6-2-10-20(14-17)24-16-22(21-11-4-12-23(21)25-24)19-9-3-7-18(15-19)8-5-13-26/h2-3,6-7,9-10,14-16,26H,4-5,8,11-13H2,1H3. The molecular weight excluding hydrogens is 318 g/mol. The molecule has 0 unspecified atom stereocenters. The van der Waals surface area contributed by atoms with Crippen LogP contribution in [0.3, 0.4) is 0 Å². The maximum absolute atomic E-state index is 9.12. The quantitative estimate of drug-likeness (QED) is 0.696. The van der Waals surface area contributed by atoms with Crippen LogP contribution in [0.15, 0.2) is 54.6 Å². The molecule has 0 radical (unpaired) electrons. The van der Waals surface area contributed by atoms with E-state index in [9.17, 15) is 0 Å². The highest BCUT2D eigenvalue weighted by molar-refractivity contribution is 5.75. The predicted molar refractivity (Wildman–Crippen MR) is 107 cm³/mol. The molecule has 26 heavy (non-hydrogen) atoms. The smallest absolute Gasteiger partial charge is 0.0711 e. The van der Waals surface area contributed by atoms with Crippen LogP contribution in [0.1, 0.15) is 35.2 Å². The Kier molecular flexibility index (Phi) is 4.85. The zero-order valence-corrected chi connectivity index (χ0v) is 15.3. The monoisotopic (exact) mass is 343 g/mol. The maximum Gasteiger partial charge on any atom is 0.0711 e. The minimum atomic E-state index is 0.242. The van der Waals surface area contributed by atoms with Gasteiger partial charge in [0.2, 0.25) is 0 Å². The highest BCUT2D eigenvalue weighted by Crippen LogP contribution is 2.35. The number of rotatable bonds is 5. The largest absolute Gasteiger partial charge is 0.396 e. The molecule has 2 heteroatoms. The van der Waals surface area contributed by atoms with Crippen LogP contribution < -0.4 is 0 Å². The van der Waals surface area contributed by atoms with Crippen LogP contribution >= 0.6 is 0 Å². The number of fused-ring (bicyclic) bond motifs is 1. The van der Waals surface area contributed by atoms with E-state index in [4.69, 9.17) is 10.1 Å². The average molecular weight is 343 g/mol. The zero-order chi connectivity index (χ0) is 17.9. The minimum Gasteiger partial charge on any atom is -0.396 e. The van der Waals surface area contributed by atoms with Crippen molar-refractivity contribution in [3.05, 3.63) is 77.0 Å². The number of aliphatic hydroxyl groups excluding tert-OH is 1. The molecule has 0 aliphatic heterocycles. The Morgan fingerprint density at radius 3 is 2.65 bits per heavy atom. The van der Waals surface area contributed by atoms with Crippen molar-refractivity contribution in [2.45, 2.75) is 39.0 Å². The Bertz CT molecular complexity index is 929. The summed E-state index contributed by atoms with van der Waals surface area (Å²) in [6.45, 7) is 2.37. The second kappa shape index (κ2) is 7.43. The van der Waals surface area contributed by atoms with Gasteiger partial charge in [-0.3, -0.25) is 4.98 Å². The summed E-state index contributed by atoms with van der Waals surface area (Å²) >= 11 is 0. The van der Waals surface area contributed by atoms with Crippen LogP contribution in [0.25, 0.3) is 22.4 Å². The molecule has 1 aliphatic rings. The van der Waals surface area contributed by atoms with Crippen LogP contribution in [0.4, 0.5) is 0 Å². The third-order valence-corrected chi connectivity index (χ3v) is 5.23. The molecule has 1 aromatic heterocycles. The van der Waals surface area contributed by atoms with E-state index >= 15 is 0 Å². The normalized spacial score (nSPS) is 13.0. The Labute approximate surface area is 155 Å². The molecule has 1 N–H and O–H groups in total. The Morgan fingerprint density at radius 2 is 1.81 bits per heavy atom. The molecule has 0 atom stereocenters. The first-order chi connectivity index (χ1) is 12.7. The zero-order valence-electron chi connectivity index (χ0n) is 15.3. The van der Waals surface area contributed by atoms with Gasteiger partial charge in [-0.1, -0.05) is 48.0 Å². The van der Waals surface area contributed by atoms with E-state index in [-0.39, 0.29) is 6.61 Å². The summed E-state index contributed by atoms with van der Waals surface area (Å²) in [5, 5.41) is 9.12. The summed E-state index contributed by atoms with van der Waals surface area (Å²) < 4.78 is 0. The fraction of sp³-hybridized carbons (Fsp3) is 0.292. The minimum absolute atomic E-state index is 0.242. The molecule has 1 heterocycles. The van der Waals surface area contributed by atoms with Crippen LogP contribution in [0.2, 0.25) is 0 Å². The van der Waals surface area contributed by atoms with Gasteiger partial charge in [-0.05, 0) is 73.4 Å². The van der Waals surface area contributed by atoms with Crippen molar-refractivity contribution < 1.29 is 5.11 Å². The van der Waals surface area contributed by atoms with Gasteiger partial charge >= 0.3 is 0 Å². The lowest BCUT2D eigenvalue weighted by molar-refractivity contribution is 0.288. The molecule has 0 amide bonds. The molecule has 4 rings (SSSR count). The highest BCUT2D eigenvalue weighted by atomic mass is 16.2. The van der Waals surface area contributed by atoms with Crippen LogP contribution in [0, 0.1) is 6.92 Å². The molecule has 0 saturated heterocycles. The van der Waals surface area contributed by atoms with Gasteiger partial charge in [-0.2, -0.15) is 0 Å². The Balaban J connectivity index is 1.81. The summed E-state index contributed by atoms with van der Waals surface area (Å²) in [4.78, 5) is 4.99. The van der Waals surface area contributed by atoms with Crippen molar-refractivity contribution in [3.63, 3.8) is 0 Å². The van der Waals surface area contributed by atoms with E-state index in [1.165, 1.54) is 45.5 Å². The van der Waals surface area contributed by atoms with Gasteiger partial charge in [0.15, 0.2) is 0 Å². The van der Waals surface area contributed by atoms with Gasteiger partial charge in [0.1, 0.15) is 0 Å². The number of aromatic nitrogens is 1. The van der Waals surface area contributed by atoms with Crippen molar-refractivity contribution in [1.82, 2.24) is 4.98 Å². The lowest BCUT2D eigenvalue weighted by atomic mass is 9.95. The molecular formula is C24H25NO. The van der Waals surface area contributed by atoms with Gasteiger partial charge in [0.05, 0.1) is 5.69 Å². The predicted octanol–water partition coefficient (Wildman–Crippen LogP) is 5.14. The van der Waals surface area contributed by atoms with Gasteiger partial charge in [-0.25, -0.2) is 0 Å². The summed E-state index contributed by atoms with van der Waals surface area (Å²) in [5.74, 6) is 0. The first kappa shape index (κ1) is 17.0. The number of nitrogens with zero attached hydrogens (tertiary/aromatic N) is 1. The topological polar surface area (TPSA) is 33.1 Å². The summed E-state index contributed by atoms with van der Waals surface area (Å²) in [5.41, 5.74) is 10.1. The van der Waals surface area contributed by atoms with Crippen molar-refractivity contribution in [3.8, 4) is 22.4 Å². The first-order valence-electron chi connectivity index (χ1n) is 9.54. The molecule has 0 saturated carbocycles. The number of pyridine rings is 1. The third kappa shape index (κ3) is 3.42. The Morgan fingerprint density at radius 1 is 0.962 bits per heavy atom. The molecule has 2 aromatic carbocycles. The van der Waals surface area contributed by atoms with Crippen molar-refractivity contribution in [2.24, 2.45) is 0 Å². The average Bonchev–Trinajstić information content (AvgIpc) is 3.14. The molecule has 0 bridgehead atoms. The van der Waals surface area contributed by atoms with Gasteiger partial charge in [0, 0.05) is 17.9 Å². The highest BCUT2D eigenvalue weighted by Gasteiger charge is 2.19. The molecule has 132 valence electrons. The number of hydrogen-bond donors (Lipinski definition) is 1. The summed E-state index contributed by atoms with van der Waals surface area (Å²) in [6, 6.07) is 19.6. The van der Waals surface area contributed by atoms with E-state index in [0.717, 1.165) is 31.4 Å². The maximum atomic E-state index is 9.12. The fourth-order valence-electron chi connectivity index (χ4n) is 3.93. The fourth-order valence-corrected chi connectivity index (χ4v) is 3.93. The van der Waals surface area contributed by atoms with Crippen LogP contribution in [-0.4, -0.2) is 16.7 Å². The second-order valence-electron chi connectivity index (χ2n) is 7.23. The first-order valence-corrected chi connectivity index (χ1v) is 9.54. The molecule has 0 spiro atoms. The SMILES string of the molecule is Cc1cccc(-c2cc(-c3cccc(CCCO)c3)c3c(n2)CCC3)c1. The van der Waals surface area contributed by atoms with E-state index < -0.39 is 0 Å². The van der Waals surface area contributed by atoms with Crippen molar-refractivity contribution >= 4 is 0 Å². The summed E-state index contributed by atoms with van der Waals surface area (Å²) in [7, 11) is 0. The number of benzene rings is 2. The molecule has 1 aliphatic carbocycles. The third-order valence-electron chi connectivity index (χ3n) is 5.23. The van der Waals surface area contributed by atoms with Crippen molar-refractivity contribution in [1.29, 1.82) is 0 Å². The van der Waals surface area contributed by atoms with Gasteiger partial charge < -0.3 is 5.11 Å². The van der Waals surface area contributed by atoms with Gasteiger partial charge in [0.25, 0.3) is 0 Å². The second-order valence-corrected chi connectivity index (χ2v) is 7.23. The lowest BCUT2D eigenvalue weighted by Gasteiger charge is -2.13. The van der Waals surface area contributed by atoms with Crippen molar-refractivity contribution in [2.75, 3.05) is 6.61 Å². The lowest BCUT2D eigenvalue weighted by Crippen LogP contribution is -1.97. The Hall–Kier alpha value is -2.45. The van der Waals surface area contributed by atoms with E-state index in [1.54, 1.807) is 0 Å². The summed E-state index contributed by atoms with van der Waals surface area (Å²) in [6.07, 6.45) is 5.12. The molecule has 2 nitrogen and oxygen atoms in total. The molecule has 0 fully saturated rings. The number of aryl methyl sites for hydroxylation is 3. The van der Waals surface area contributed by atoms with E-state index in [0.29, 0.717) is 0 Å². The van der Waals surface area contributed by atoms with Gasteiger partial charge in [-0.15, -0.1) is 0 Å². The molecule has 3 aromatic rings. The van der Waals surface area contributed by atoms with Crippen LogP contribution in [0.5, 0.6) is 0 Å². The van der Waals surface area contributed by atoms with E-state index in [1.807, 2.05) is 0 Å².